The van der Waals surface area contributed by atoms with Crippen LogP contribution < -0.4 is 0 Å². The van der Waals surface area contributed by atoms with Crippen LogP contribution in [-0.4, -0.2) is 0 Å². The van der Waals surface area contributed by atoms with E-state index in [0.29, 0.717) is 0 Å². The predicted molar refractivity (Wildman–Crippen MR) is 95.6 cm³/mol. The minimum Gasteiger partial charge on any atom is -0.0840 e. The highest BCUT2D eigenvalue weighted by atomic mass is 79.9. The summed E-state index contributed by atoms with van der Waals surface area (Å²) >= 11 is 10.1. The Morgan fingerprint density at radius 2 is 1.62 bits per heavy atom. The minimum atomic E-state index is 0.140. The average Bonchev–Trinajstić information content (AvgIpc) is 2.49. The number of benzene rings is 3. The van der Waals surface area contributed by atoms with Crippen LogP contribution in [0.15, 0.2) is 54.6 Å². The summed E-state index contributed by atoms with van der Waals surface area (Å²) in [5.74, 6) is 0. The third kappa shape index (κ3) is 2.73. The number of alkyl halides is 1. The third-order valence-corrected chi connectivity index (χ3v) is 5.32. The lowest BCUT2D eigenvalue weighted by molar-refractivity contribution is 1.16. The van der Waals surface area contributed by atoms with Gasteiger partial charge in [-0.1, -0.05) is 76.1 Å². The molecule has 3 rings (SSSR count). The smallest absolute Gasteiger partial charge is 0.0653 e. The topological polar surface area (TPSA) is 0 Å². The van der Waals surface area contributed by atoms with E-state index < -0.39 is 0 Å². The van der Waals surface area contributed by atoms with Crippen LogP contribution in [0.3, 0.4) is 0 Å². The van der Waals surface area contributed by atoms with Gasteiger partial charge in [-0.25, -0.2) is 0 Å². The van der Waals surface area contributed by atoms with Gasteiger partial charge in [0.25, 0.3) is 0 Å². The molecule has 0 N–H and O–H groups in total. The average molecular weight is 360 g/mol. The van der Waals surface area contributed by atoms with Crippen molar-refractivity contribution in [3.63, 3.8) is 0 Å². The van der Waals surface area contributed by atoms with Crippen LogP contribution in [0.1, 0.15) is 27.1 Å². The number of aryl methyl sites for hydroxylation is 2. The second-order valence-electron chi connectivity index (χ2n) is 5.39. The van der Waals surface area contributed by atoms with E-state index in [9.17, 15) is 0 Å². The Bertz CT molecular complexity index is 808. The molecule has 0 saturated heterocycles. The van der Waals surface area contributed by atoms with Crippen molar-refractivity contribution in [2.75, 3.05) is 0 Å². The summed E-state index contributed by atoms with van der Waals surface area (Å²) in [7, 11) is 0. The lowest BCUT2D eigenvalue weighted by Gasteiger charge is -2.17. The summed E-state index contributed by atoms with van der Waals surface area (Å²) in [5.41, 5.74) is 4.89. The summed E-state index contributed by atoms with van der Waals surface area (Å²) < 4.78 is 0. The number of hydrogen-bond donors (Lipinski definition) is 0. The Morgan fingerprint density at radius 3 is 2.38 bits per heavy atom. The van der Waals surface area contributed by atoms with E-state index in [-0.39, 0.29) is 4.83 Å². The van der Waals surface area contributed by atoms with Crippen LogP contribution in [0.2, 0.25) is 5.02 Å². The van der Waals surface area contributed by atoms with E-state index in [1.165, 1.54) is 27.5 Å². The van der Waals surface area contributed by atoms with Gasteiger partial charge in [0.1, 0.15) is 0 Å². The van der Waals surface area contributed by atoms with Gasteiger partial charge in [-0.05, 0) is 52.9 Å². The maximum absolute atomic E-state index is 6.28. The van der Waals surface area contributed by atoms with Gasteiger partial charge in [0, 0.05) is 5.02 Å². The maximum atomic E-state index is 6.28. The molecule has 106 valence electrons. The molecule has 0 aliphatic heterocycles. The maximum Gasteiger partial charge on any atom is 0.0653 e. The van der Waals surface area contributed by atoms with Crippen LogP contribution in [0, 0.1) is 13.8 Å². The molecule has 21 heavy (non-hydrogen) atoms. The van der Waals surface area contributed by atoms with Crippen LogP contribution in [-0.2, 0) is 0 Å². The summed E-state index contributed by atoms with van der Waals surface area (Å²) in [4.78, 5) is 0.140. The van der Waals surface area contributed by atoms with Crippen molar-refractivity contribution in [2.45, 2.75) is 18.7 Å². The Morgan fingerprint density at radius 1 is 0.905 bits per heavy atom. The number of fused-ring (bicyclic) bond motifs is 1. The molecule has 2 heteroatoms. The van der Waals surface area contributed by atoms with Gasteiger partial charge in [-0.3, -0.25) is 0 Å². The summed E-state index contributed by atoms with van der Waals surface area (Å²) in [5, 5.41) is 3.37. The van der Waals surface area contributed by atoms with E-state index in [2.05, 4.69) is 77.5 Å². The van der Waals surface area contributed by atoms with Gasteiger partial charge in [-0.2, -0.15) is 0 Å². The fourth-order valence-electron chi connectivity index (χ4n) is 2.67. The molecule has 0 nitrogen and oxygen atoms in total. The lowest BCUT2D eigenvalue weighted by atomic mass is 9.94. The Balaban J connectivity index is 2.19. The zero-order valence-electron chi connectivity index (χ0n) is 12.0. The van der Waals surface area contributed by atoms with Crippen molar-refractivity contribution in [3.8, 4) is 0 Å². The van der Waals surface area contributed by atoms with Gasteiger partial charge < -0.3 is 0 Å². The molecule has 3 aromatic rings. The molecule has 0 aliphatic carbocycles. The monoisotopic (exact) mass is 358 g/mol. The molecule has 0 bridgehead atoms. The molecule has 0 aromatic heterocycles. The fraction of sp³-hybridized carbons (Fsp3) is 0.158. The van der Waals surface area contributed by atoms with Crippen molar-refractivity contribution in [2.24, 2.45) is 0 Å². The largest absolute Gasteiger partial charge is 0.0840 e. The number of hydrogen-bond acceptors (Lipinski definition) is 0. The molecule has 3 aromatic carbocycles. The highest BCUT2D eigenvalue weighted by Crippen LogP contribution is 2.38. The zero-order valence-corrected chi connectivity index (χ0v) is 14.4. The quantitative estimate of drug-likeness (QED) is 0.452. The van der Waals surface area contributed by atoms with E-state index >= 15 is 0 Å². The van der Waals surface area contributed by atoms with Crippen molar-refractivity contribution in [3.05, 3.63) is 81.9 Å². The first-order valence-corrected chi connectivity index (χ1v) is 8.25. The molecular formula is C19H16BrCl. The molecule has 0 aliphatic rings. The van der Waals surface area contributed by atoms with Crippen molar-refractivity contribution < 1.29 is 0 Å². The third-order valence-electron chi connectivity index (χ3n) is 3.93. The second kappa shape index (κ2) is 5.82. The normalized spacial score (nSPS) is 12.6. The zero-order chi connectivity index (χ0) is 15.0. The van der Waals surface area contributed by atoms with Gasteiger partial charge in [0.05, 0.1) is 4.83 Å². The van der Waals surface area contributed by atoms with Crippen LogP contribution in [0.25, 0.3) is 10.8 Å². The Hall–Kier alpha value is -1.31. The van der Waals surface area contributed by atoms with E-state index in [1.807, 2.05) is 6.92 Å². The van der Waals surface area contributed by atoms with Crippen LogP contribution in [0.5, 0.6) is 0 Å². The summed E-state index contributed by atoms with van der Waals surface area (Å²) in [6.45, 7) is 4.18. The molecule has 0 radical (unpaired) electrons. The van der Waals surface area contributed by atoms with Crippen molar-refractivity contribution >= 4 is 38.3 Å². The summed E-state index contributed by atoms with van der Waals surface area (Å²) in [6.07, 6.45) is 0. The standard InChI is InChI=1S/C19H16BrCl/c1-12-7-10-15(11-17(12)21)19(20)18-13(2)8-9-14-5-3-4-6-16(14)18/h3-11,19H,1-2H3. The van der Waals surface area contributed by atoms with E-state index in [0.717, 1.165) is 10.6 Å². The number of halogens is 2. The Kier molecular flexibility index (Phi) is 4.05. The highest BCUT2D eigenvalue weighted by Gasteiger charge is 2.16. The fourth-order valence-corrected chi connectivity index (χ4v) is 3.76. The minimum absolute atomic E-state index is 0.140. The van der Waals surface area contributed by atoms with Gasteiger partial charge in [-0.15, -0.1) is 0 Å². The molecule has 1 unspecified atom stereocenters. The Labute approximate surface area is 138 Å². The number of rotatable bonds is 2. The SMILES string of the molecule is Cc1ccc(C(Br)c2c(C)ccc3ccccc23)cc1Cl. The molecule has 1 atom stereocenters. The molecule has 0 saturated carbocycles. The van der Waals surface area contributed by atoms with E-state index in [4.69, 9.17) is 11.6 Å². The van der Waals surface area contributed by atoms with Crippen LogP contribution >= 0.6 is 27.5 Å². The first-order valence-electron chi connectivity index (χ1n) is 6.96. The first kappa shape index (κ1) is 14.6. The first-order chi connectivity index (χ1) is 10.1. The molecule has 0 fully saturated rings. The lowest BCUT2D eigenvalue weighted by Crippen LogP contribution is -1.98. The molecular weight excluding hydrogens is 344 g/mol. The molecule has 0 spiro atoms. The second-order valence-corrected chi connectivity index (χ2v) is 6.71. The van der Waals surface area contributed by atoms with Crippen molar-refractivity contribution in [1.29, 1.82) is 0 Å². The highest BCUT2D eigenvalue weighted by molar-refractivity contribution is 9.09. The molecule has 0 amide bonds. The predicted octanol–water partition coefficient (Wildman–Crippen LogP) is 6.59. The van der Waals surface area contributed by atoms with E-state index in [1.54, 1.807) is 0 Å². The molecule has 0 heterocycles. The summed E-state index contributed by atoms with van der Waals surface area (Å²) in [6, 6.07) is 19.1. The van der Waals surface area contributed by atoms with Crippen molar-refractivity contribution in [1.82, 2.24) is 0 Å². The van der Waals surface area contributed by atoms with Gasteiger partial charge in [0.15, 0.2) is 0 Å². The van der Waals surface area contributed by atoms with Crippen LogP contribution in [0.4, 0.5) is 0 Å². The van der Waals surface area contributed by atoms with Gasteiger partial charge in [0.2, 0.25) is 0 Å². The van der Waals surface area contributed by atoms with Gasteiger partial charge >= 0.3 is 0 Å².